The van der Waals surface area contributed by atoms with E-state index in [0.29, 0.717) is 18.9 Å². The van der Waals surface area contributed by atoms with Crippen molar-refractivity contribution in [3.05, 3.63) is 40.0 Å². The fourth-order valence-electron chi connectivity index (χ4n) is 2.56. The molecule has 26 heavy (non-hydrogen) atoms. The number of hydrogen-bond donors (Lipinski definition) is 0. The highest BCUT2D eigenvalue weighted by Crippen LogP contribution is 2.32. The van der Waals surface area contributed by atoms with E-state index in [2.05, 4.69) is 9.97 Å². The highest BCUT2D eigenvalue weighted by atomic mass is 32.1. The molecule has 0 spiro atoms. The number of methoxy groups -OCH3 is 1. The molecule has 140 valence electrons. The Morgan fingerprint density at radius 3 is 2.65 bits per heavy atom. The first-order valence-corrected chi connectivity index (χ1v) is 9.44. The van der Waals surface area contributed by atoms with Crippen molar-refractivity contribution < 1.29 is 19.1 Å². The van der Waals surface area contributed by atoms with Crippen LogP contribution in [0.5, 0.6) is 5.88 Å². The SMILES string of the molecule is CCOC(=O)CC(c1ccc(OC)nc1)c1ncc(CCCC(C)=O)s1. The molecule has 7 heteroatoms. The van der Waals surface area contributed by atoms with Gasteiger partial charge in [-0.05, 0) is 32.3 Å². The van der Waals surface area contributed by atoms with Crippen molar-refractivity contribution in [3.63, 3.8) is 0 Å². The lowest BCUT2D eigenvalue weighted by Crippen LogP contribution is -2.11. The molecule has 2 aromatic heterocycles. The molecule has 2 rings (SSSR count). The van der Waals surface area contributed by atoms with Gasteiger partial charge in [0.2, 0.25) is 5.88 Å². The average Bonchev–Trinajstić information content (AvgIpc) is 3.08. The second-order valence-electron chi connectivity index (χ2n) is 5.92. The van der Waals surface area contributed by atoms with Crippen LogP contribution in [0.25, 0.3) is 0 Å². The Morgan fingerprint density at radius 1 is 1.23 bits per heavy atom. The lowest BCUT2D eigenvalue weighted by Gasteiger charge is -2.14. The van der Waals surface area contributed by atoms with Gasteiger partial charge in [0.1, 0.15) is 10.8 Å². The minimum atomic E-state index is -0.262. The summed E-state index contributed by atoms with van der Waals surface area (Å²) in [5, 5.41) is 0.850. The fourth-order valence-corrected chi connectivity index (χ4v) is 3.65. The van der Waals surface area contributed by atoms with Crippen LogP contribution in [0.3, 0.4) is 0 Å². The molecule has 0 radical (unpaired) electrons. The minimum absolute atomic E-state index is 0.194. The molecule has 0 aliphatic rings. The summed E-state index contributed by atoms with van der Waals surface area (Å²) in [7, 11) is 1.56. The number of pyridine rings is 1. The van der Waals surface area contributed by atoms with E-state index >= 15 is 0 Å². The molecule has 2 aromatic rings. The highest BCUT2D eigenvalue weighted by Gasteiger charge is 2.23. The maximum absolute atomic E-state index is 12.0. The van der Waals surface area contributed by atoms with E-state index in [0.717, 1.165) is 28.3 Å². The van der Waals surface area contributed by atoms with Crippen molar-refractivity contribution >= 4 is 23.1 Å². The highest BCUT2D eigenvalue weighted by molar-refractivity contribution is 7.11. The van der Waals surface area contributed by atoms with Crippen LogP contribution in [0.2, 0.25) is 0 Å². The van der Waals surface area contributed by atoms with Crippen LogP contribution in [-0.4, -0.2) is 35.4 Å². The zero-order chi connectivity index (χ0) is 18.9. The van der Waals surface area contributed by atoms with Crippen molar-refractivity contribution in [3.8, 4) is 5.88 Å². The Labute approximate surface area is 157 Å². The second kappa shape index (κ2) is 10.0. The maximum Gasteiger partial charge on any atom is 0.306 e. The molecule has 2 heterocycles. The molecule has 0 N–H and O–H groups in total. The largest absolute Gasteiger partial charge is 0.481 e. The van der Waals surface area contributed by atoms with Gasteiger partial charge < -0.3 is 14.3 Å². The van der Waals surface area contributed by atoms with E-state index in [4.69, 9.17) is 9.47 Å². The van der Waals surface area contributed by atoms with E-state index < -0.39 is 0 Å². The topological polar surface area (TPSA) is 78.4 Å². The van der Waals surface area contributed by atoms with Gasteiger partial charge in [0.15, 0.2) is 0 Å². The summed E-state index contributed by atoms with van der Waals surface area (Å²) in [6.07, 6.45) is 5.94. The minimum Gasteiger partial charge on any atom is -0.481 e. The molecule has 0 aliphatic heterocycles. The van der Waals surface area contributed by atoms with E-state index in [-0.39, 0.29) is 24.1 Å². The molecular weight excluding hydrogens is 352 g/mol. The number of esters is 1. The third-order valence-electron chi connectivity index (χ3n) is 3.87. The zero-order valence-electron chi connectivity index (χ0n) is 15.4. The van der Waals surface area contributed by atoms with Gasteiger partial charge in [-0.25, -0.2) is 9.97 Å². The van der Waals surface area contributed by atoms with E-state index in [9.17, 15) is 9.59 Å². The number of nitrogens with zero attached hydrogens (tertiary/aromatic N) is 2. The first kappa shape index (κ1) is 20.0. The number of aryl methyl sites for hydroxylation is 1. The van der Waals surface area contributed by atoms with Gasteiger partial charge in [0.05, 0.1) is 20.1 Å². The predicted octanol–water partition coefficient (Wildman–Crippen LogP) is 3.54. The van der Waals surface area contributed by atoms with Crippen LogP contribution < -0.4 is 4.74 Å². The van der Waals surface area contributed by atoms with Crippen LogP contribution in [-0.2, 0) is 20.7 Å². The Bertz CT molecular complexity index is 727. The number of aromatic nitrogens is 2. The van der Waals surface area contributed by atoms with Gasteiger partial charge in [-0.3, -0.25) is 4.79 Å². The van der Waals surface area contributed by atoms with Crippen LogP contribution >= 0.6 is 11.3 Å². The number of rotatable bonds is 10. The second-order valence-corrected chi connectivity index (χ2v) is 7.06. The van der Waals surface area contributed by atoms with Gasteiger partial charge >= 0.3 is 5.97 Å². The molecule has 0 aliphatic carbocycles. The van der Waals surface area contributed by atoms with Crippen LogP contribution in [0.1, 0.15) is 54.5 Å². The summed E-state index contributed by atoms with van der Waals surface area (Å²) in [6.45, 7) is 3.74. The molecule has 0 bridgehead atoms. The summed E-state index contributed by atoms with van der Waals surface area (Å²) < 4.78 is 10.2. The standard InChI is InChI=1S/C19H24N2O4S/c1-4-25-18(23)10-16(14-8-9-17(24-3)20-11-14)19-21-12-15(26-19)7-5-6-13(2)22/h8-9,11-12,16H,4-7,10H2,1-3H3. The summed E-state index contributed by atoms with van der Waals surface area (Å²) in [5.74, 6) is 0.243. The third kappa shape index (κ3) is 5.91. The number of ketones is 1. The van der Waals surface area contributed by atoms with Gasteiger partial charge in [-0.2, -0.15) is 0 Å². The summed E-state index contributed by atoms with van der Waals surface area (Å²) in [4.78, 5) is 33.0. The van der Waals surface area contributed by atoms with Crippen LogP contribution in [0.4, 0.5) is 0 Å². The van der Waals surface area contributed by atoms with Crippen molar-refractivity contribution in [2.45, 2.75) is 45.4 Å². The molecule has 6 nitrogen and oxygen atoms in total. The molecule has 0 saturated heterocycles. The number of carbonyl (C=O) groups excluding carboxylic acids is 2. The van der Waals surface area contributed by atoms with E-state index in [1.807, 2.05) is 12.3 Å². The summed E-state index contributed by atoms with van der Waals surface area (Å²) in [5.41, 5.74) is 0.892. The zero-order valence-corrected chi connectivity index (χ0v) is 16.2. The molecule has 0 aromatic carbocycles. The molecule has 0 saturated carbocycles. The van der Waals surface area contributed by atoms with E-state index in [1.54, 1.807) is 44.6 Å². The first-order chi connectivity index (χ1) is 12.5. The van der Waals surface area contributed by atoms with Gasteiger partial charge in [0, 0.05) is 35.7 Å². The number of hydrogen-bond acceptors (Lipinski definition) is 7. The smallest absolute Gasteiger partial charge is 0.306 e. The molecule has 1 atom stereocenters. The average molecular weight is 376 g/mol. The quantitative estimate of drug-likeness (QED) is 0.590. The molecule has 1 unspecified atom stereocenters. The number of thiazole rings is 1. The monoisotopic (exact) mass is 376 g/mol. The third-order valence-corrected chi connectivity index (χ3v) is 5.04. The number of carbonyl (C=O) groups is 2. The molecular formula is C19H24N2O4S. The lowest BCUT2D eigenvalue weighted by molar-refractivity contribution is -0.143. The van der Waals surface area contributed by atoms with Crippen molar-refractivity contribution in [2.24, 2.45) is 0 Å². The summed E-state index contributed by atoms with van der Waals surface area (Å²) >= 11 is 1.57. The lowest BCUT2D eigenvalue weighted by atomic mass is 9.98. The van der Waals surface area contributed by atoms with Gasteiger partial charge in [0.25, 0.3) is 0 Å². The summed E-state index contributed by atoms with van der Waals surface area (Å²) in [6, 6.07) is 3.67. The van der Waals surface area contributed by atoms with Crippen molar-refractivity contribution in [1.29, 1.82) is 0 Å². The van der Waals surface area contributed by atoms with E-state index in [1.165, 1.54) is 0 Å². The van der Waals surface area contributed by atoms with Gasteiger partial charge in [-0.15, -0.1) is 11.3 Å². The normalized spacial score (nSPS) is 11.8. The Hall–Kier alpha value is -2.28. The fraction of sp³-hybridized carbons (Fsp3) is 0.474. The molecule has 0 fully saturated rings. The Balaban J connectivity index is 2.18. The Kier molecular flexibility index (Phi) is 7.72. The van der Waals surface area contributed by atoms with Crippen LogP contribution in [0.15, 0.2) is 24.5 Å². The number of ether oxygens (including phenoxy) is 2. The predicted molar refractivity (Wildman–Crippen MR) is 99.6 cm³/mol. The maximum atomic E-state index is 12.0. The van der Waals surface area contributed by atoms with Crippen LogP contribution in [0, 0.1) is 0 Å². The molecule has 0 amide bonds. The van der Waals surface area contributed by atoms with Gasteiger partial charge in [-0.1, -0.05) is 6.07 Å². The Morgan fingerprint density at radius 2 is 2.04 bits per heavy atom. The first-order valence-electron chi connectivity index (χ1n) is 8.63. The number of Topliss-reactive ketones (excluding diaryl/α,β-unsaturated/α-hetero) is 1. The van der Waals surface area contributed by atoms with Crippen molar-refractivity contribution in [1.82, 2.24) is 9.97 Å². The van der Waals surface area contributed by atoms with Crippen molar-refractivity contribution in [2.75, 3.05) is 13.7 Å².